The SMILES string of the molecule is COCCC[C@@H]1CCCCN1C(=O)C1(Cn2ccnc2)CC1. The molecule has 1 aromatic heterocycles. The van der Waals surface area contributed by atoms with E-state index in [2.05, 4.69) is 14.5 Å². The van der Waals surface area contributed by atoms with E-state index in [4.69, 9.17) is 4.74 Å². The van der Waals surface area contributed by atoms with Crippen LogP contribution in [0.5, 0.6) is 0 Å². The maximum absolute atomic E-state index is 13.1. The van der Waals surface area contributed by atoms with Crippen molar-refractivity contribution in [2.75, 3.05) is 20.3 Å². The third-order valence-corrected chi connectivity index (χ3v) is 5.13. The van der Waals surface area contributed by atoms with Crippen LogP contribution in [-0.2, 0) is 16.1 Å². The highest BCUT2D eigenvalue weighted by atomic mass is 16.5. The number of likely N-dealkylation sites (tertiary alicyclic amines) is 1. The van der Waals surface area contributed by atoms with E-state index in [0.29, 0.717) is 11.9 Å². The van der Waals surface area contributed by atoms with Crippen molar-refractivity contribution in [3.63, 3.8) is 0 Å². The van der Waals surface area contributed by atoms with Crippen LogP contribution < -0.4 is 0 Å². The Bertz CT molecular complexity index is 482. The lowest BCUT2D eigenvalue weighted by atomic mass is 9.94. The van der Waals surface area contributed by atoms with Gasteiger partial charge in [0.2, 0.25) is 5.91 Å². The standard InChI is InChI=1S/C17H27N3O2/c1-22-12-4-6-15-5-2-3-10-20(15)16(21)17(7-8-17)13-19-11-9-18-14-19/h9,11,14-15H,2-8,10,12-13H2,1H3/t15-/m0/s1. The molecular formula is C17H27N3O2. The Balaban J connectivity index is 1.63. The van der Waals surface area contributed by atoms with Crippen molar-refractivity contribution in [3.8, 4) is 0 Å². The second kappa shape index (κ2) is 6.82. The predicted molar refractivity (Wildman–Crippen MR) is 84.4 cm³/mol. The highest BCUT2D eigenvalue weighted by molar-refractivity contribution is 5.85. The van der Waals surface area contributed by atoms with Crippen LogP contribution in [-0.4, -0.2) is 46.7 Å². The van der Waals surface area contributed by atoms with E-state index >= 15 is 0 Å². The van der Waals surface area contributed by atoms with Gasteiger partial charge < -0.3 is 14.2 Å². The molecule has 0 unspecified atom stereocenters. The van der Waals surface area contributed by atoms with Gasteiger partial charge in [-0.05, 0) is 44.9 Å². The first-order chi connectivity index (χ1) is 10.7. The molecule has 1 aliphatic carbocycles. The lowest BCUT2D eigenvalue weighted by Gasteiger charge is -2.38. The van der Waals surface area contributed by atoms with Gasteiger partial charge in [-0.2, -0.15) is 0 Å². The average Bonchev–Trinajstić information content (AvgIpc) is 3.14. The van der Waals surface area contributed by atoms with E-state index in [0.717, 1.165) is 58.2 Å². The summed E-state index contributed by atoms with van der Waals surface area (Å²) in [6, 6.07) is 0.414. The maximum atomic E-state index is 13.1. The van der Waals surface area contributed by atoms with Gasteiger partial charge in [-0.3, -0.25) is 4.79 Å². The van der Waals surface area contributed by atoms with E-state index < -0.39 is 0 Å². The minimum absolute atomic E-state index is 0.155. The Morgan fingerprint density at radius 1 is 1.41 bits per heavy atom. The lowest BCUT2D eigenvalue weighted by Crippen LogP contribution is -2.48. The van der Waals surface area contributed by atoms with E-state index in [-0.39, 0.29) is 5.41 Å². The van der Waals surface area contributed by atoms with Gasteiger partial charge in [0.05, 0.1) is 11.7 Å². The Labute approximate surface area is 132 Å². The third-order valence-electron chi connectivity index (χ3n) is 5.13. The molecule has 2 fully saturated rings. The van der Waals surface area contributed by atoms with Crippen LogP contribution in [0.2, 0.25) is 0 Å². The van der Waals surface area contributed by atoms with Gasteiger partial charge in [0, 0.05) is 45.2 Å². The molecule has 3 rings (SSSR count). The number of carbonyl (C=O) groups excluding carboxylic acids is 1. The first-order valence-corrected chi connectivity index (χ1v) is 8.51. The predicted octanol–water partition coefficient (Wildman–Crippen LogP) is 2.47. The summed E-state index contributed by atoms with van der Waals surface area (Å²) in [5.41, 5.74) is -0.155. The van der Waals surface area contributed by atoms with Crippen molar-refractivity contribution in [1.82, 2.24) is 14.5 Å². The van der Waals surface area contributed by atoms with Crippen molar-refractivity contribution in [1.29, 1.82) is 0 Å². The van der Waals surface area contributed by atoms with Crippen LogP contribution in [0.25, 0.3) is 0 Å². The van der Waals surface area contributed by atoms with Crippen LogP contribution in [0.15, 0.2) is 18.7 Å². The summed E-state index contributed by atoms with van der Waals surface area (Å²) in [5.74, 6) is 0.378. The first kappa shape index (κ1) is 15.5. The quantitative estimate of drug-likeness (QED) is 0.727. The number of hydrogen-bond donors (Lipinski definition) is 0. The molecule has 22 heavy (non-hydrogen) atoms. The molecule has 5 nitrogen and oxygen atoms in total. The van der Waals surface area contributed by atoms with Crippen LogP contribution in [0, 0.1) is 5.41 Å². The van der Waals surface area contributed by atoms with E-state index in [1.807, 2.05) is 12.5 Å². The fourth-order valence-corrected chi connectivity index (χ4v) is 3.66. The summed E-state index contributed by atoms with van der Waals surface area (Å²) in [7, 11) is 1.74. The molecule has 0 N–H and O–H groups in total. The van der Waals surface area contributed by atoms with E-state index in [1.54, 1.807) is 13.3 Å². The minimum atomic E-state index is -0.155. The molecule has 5 heteroatoms. The summed E-state index contributed by atoms with van der Waals surface area (Å²) in [4.78, 5) is 19.4. The van der Waals surface area contributed by atoms with Crippen LogP contribution in [0.1, 0.15) is 44.9 Å². The number of imidazole rings is 1. The Kier molecular flexibility index (Phi) is 4.81. The van der Waals surface area contributed by atoms with Gasteiger partial charge in [0.25, 0.3) is 0 Å². The fourth-order valence-electron chi connectivity index (χ4n) is 3.66. The first-order valence-electron chi connectivity index (χ1n) is 8.51. The normalized spacial score (nSPS) is 23.5. The number of nitrogens with zero attached hydrogens (tertiary/aromatic N) is 3. The van der Waals surface area contributed by atoms with Gasteiger partial charge in [-0.25, -0.2) is 4.98 Å². The highest BCUT2D eigenvalue weighted by Gasteiger charge is 2.52. The number of methoxy groups -OCH3 is 1. The summed E-state index contributed by atoms with van der Waals surface area (Å²) < 4.78 is 7.22. The number of piperidine rings is 1. The van der Waals surface area contributed by atoms with Crippen molar-refractivity contribution < 1.29 is 9.53 Å². The number of aromatic nitrogens is 2. The van der Waals surface area contributed by atoms with Crippen molar-refractivity contribution in [2.45, 2.75) is 57.5 Å². The van der Waals surface area contributed by atoms with Crippen molar-refractivity contribution in [2.24, 2.45) is 5.41 Å². The molecule has 0 spiro atoms. The highest BCUT2D eigenvalue weighted by Crippen LogP contribution is 2.49. The minimum Gasteiger partial charge on any atom is -0.385 e. The summed E-state index contributed by atoms with van der Waals surface area (Å²) in [6.45, 7) is 2.51. The number of ether oxygens (including phenoxy) is 1. The molecule has 0 bridgehead atoms. The largest absolute Gasteiger partial charge is 0.385 e. The number of rotatable bonds is 7. The van der Waals surface area contributed by atoms with Crippen LogP contribution >= 0.6 is 0 Å². The van der Waals surface area contributed by atoms with Crippen molar-refractivity contribution >= 4 is 5.91 Å². The average molecular weight is 305 g/mol. The number of hydrogen-bond acceptors (Lipinski definition) is 3. The zero-order chi connectivity index (χ0) is 15.4. The van der Waals surface area contributed by atoms with E-state index in [9.17, 15) is 4.79 Å². The Morgan fingerprint density at radius 3 is 2.95 bits per heavy atom. The second-order valence-corrected chi connectivity index (χ2v) is 6.80. The number of carbonyl (C=O) groups is 1. The van der Waals surface area contributed by atoms with Crippen molar-refractivity contribution in [3.05, 3.63) is 18.7 Å². The van der Waals surface area contributed by atoms with Gasteiger partial charge in [0.1, 0.15) is 0 Å². The molecule has 1 saturated heterocycles. The monoisotopic (exact) mass is 305 g/mol. The van der Waals surface area contributed by atoms with Gasteiger partial charge in [-0.15, -0.1) is 0 Å². The lowest BCUT2D eigenvalue weighted by molar-refractivity contribution is -0.141. The molecule has 1 aromatic rings. The zero-order valence-corrected chi connectivity index (χ0v) is 13.5. The molecule has 2 aliphatic rings. The smallest absolute Gasteiger partial charge is 0.230 e. The third kappa shape index (κ3) is 3.35. The molecule has 1 amide bonds. The molecule has 1 aliphatic heterocycles. The Morgan fingerprint density at radius 2 is 2.27 bits per heavy atom. The zero-order valence-electron chi connectivity index (χ0n) is 13.5. The summed E-state index contributed by atoms with van der Waals surface area (Å²) in [6.07, 6.45) is 13.3. The van der Waals surface area contributed by atoms with Gasteiger partial charge >= 0.3 is 0 Å². The van der Waals surface area contributed by atoms with Crippen LogP contribution in [0.4, 0.5) is 0 Å². The molecule has 122 valence electrons. The van der Waals surface area contributed by atoms with Crippen LogP contribution in [0.3, 0.4) is 0 Å². The van der Waals surface area contributed by atoms with Gasteiger partial charge in [0.15, 0.2) is 0 Å². The topological polar surface area (TPSA) is 47.4 Å². The second-order valence-electron chi connectivity index (χ2n) is 6.80. The fraction of sp³-hybridized carbons (Fsp3) is 0.765. The molecule has 1 saturated carbocycles. The summed E-state index contributed by atoms with van der Waals surface area (Å²) >= 11 is 0. The summed E-state index contributed by atoms with van der Waals surface area (Å²) in [5, 5.41) is 0. The molecule has 2 heterocycles. The Hall–Kier alpha value is -1.36. The maximum Gasteiger partial charge on any atom is 0.230 e. The number of amides is 1. The molecule has 0 aromatic carbocycles. The molecule has 0 radical (unpaired) electrons. The molecular weight excluding hydrogens is 278 g/mol. The van der Waals surface area contributed by atoms with Gasteiger partial charge in [-0.1, -0.05) is 0 Å². The molecule has 1 atom stereocenters. The van der Waals surface area contributed by atoms with E-state index in [1.165, 1.54) is 6.42 Å².